The Labute approximate surface area is 214 Å². The number of hydrogen-bond acceptors (Lipinski definition) is 5. The summed E-state index contributed by atoms with van der Waals surface area (Å²) in [6.07, 6.45) is 0.0292. The van der Waals surface area contributed by atoms with Gasteiger partial charge < -0.3 is 15.2 Å². The largest absolute Gasteiger partial charge is 0.489 e. The minimum atomic E-state index is -0.267. The predicted molar refractivity (Wildman–Crippen MR) is 143 cm³/mol. The molecule has 0 aliphatic heterocycles. The van der Waals surface area contributed by atoms with Gasteiger partial charge in [-0.2, -0.15) is 5.10 Å². The highest BCUT2D eigenvalue weighted by atomic mass is 35.5. The third-order valence-corrected chi connectivity index (χ3v) is 4.76. The Morgan fingerprint density at radius 2 is 1.77 bits per heavy atom. The lowest BCUT2D eigenvalue weighted by Crippen LogP contribution is -2.26. The standard InChI is InChI=1S/C13H17N3.C12H16ClNO3.C2H6/c1-9-5-7-10(8-6-9)11-14-12(16-15-11)13(2,3)4;1-8(2)17-11-4-3-9(7-10(11)13)12(16)14-5-6-15;1-2/h5-8H,1-4H3,(H,14,15,16);3-4,7-8,15H,5-6H2,1-2H3,(H,14,16);1-2H3. The molecule has 3 N–H and O–H groups in total. The monoisotopic (exact) mass is 502 g/mol. The van der Waals surface area contributed by atoms with Gasteiger partial charge in [0.1, 0.15) is 11.6 Å². The summed E-state index contributed by atoms with van der Waals surface area (Å²) in [5.41, 5.74) is 2.75. The van der Waals surface area contributed by atoms with Crippen LogP contribution in [0.15, 0.2) is 42.5 Å². The van der Waals surface area contributed by atoms with Crippen LogP contribution in [0.1, 0.15) is 70.2 Å². The molecule has 0 unspecified atom stereocenters. The third-order valence-electron chi connectivity index (χ3n) is 4.46. The molecule has 0 atom stereocenters. The molecule has 0 fully saturated rings. The average molecular weight is 503 g/mol. The minimum absolute atomic E-state index is 0.00987. The van der Waals surface area contributed by atoms with E-state index >= 15 is 0 Å². The number of benzene rings is 2. The second-order valence-electron chi connectivity index (χ2n) is 8.91. The van der Waals surface area contributed by atoms with Gasteiger partial charge in [-0.15, -0.1) is 0 Å². The van der Waals surface area contributed by atoms with Gasteiger partial charge in [0.05, 0.1) is 17.7 Å². The maximum atomic E-state index is 11.6. The van der Waals surface area contributed by atoms with Crippen LogP contribution < -0.4 is 10.1 Å². The molecule has 8 heteroatoms. The van der Waals surface area contributed by atoms with Crippen LogP contribution in [-0.2, 0) is 5.41 Å². The number of aliphatic hydroxyl groups is 1. The first kappa shape index (κ1) is 30.1. The maximum absolute atomic E-state index is 11.6. The van der Waals surface area contributed by atoms with E-state index in [9.17, 15) is 4.79 Å². The molecule has 0 spiro atoms. The van der Waals surface area contributed by atoms with Crippen molar-refractivity contribution in [1.82, 2.24) is 20.5 Å². The van der Waals surface area contributed by atoms with Crippen molar-refractivity contribution in [3.05, 3.63) is 64.4 Å². The number of nitrogens with one attached hydrogen (secondary N) is 2. The van der Waals surface area contributed by atoms with E-state index < -0.39 is 0 Å². The van der Waals surface area contributed by atoms with Crippen LogP contribution in [0, 0.1) is 6.92 Å². The molecule has 35 heavy (non-hydrogen) atoms. The molecule has 0 aliphatic carbocycles. The molecule has 0 aliphatic rings. The van der Waals surface area contributed by atoms with Gasteiger partial charge in [0, 0.05) is 23.1 Å². The van der Waals surface area contributed by atoms with Crippen LogP contribution in [0.2, 0.25) is 5.02 Å². The van der Waals surface area contributed by atoms with Crippen LogP contribution in [0.5, 0.6) is 5.75 Å². The van der Waals surface area contributed by atoms with Gasteiger partial charge >= 0.3 is 0 Å². The van der Waals surface area contributed by atoms with Crippen LogP contribution in [0.25, 0.3) is 11.4 Å². The number of H-pyrrole nitrogens is 1. The molecule has 7 nitrogen and oxygen atoms in total. The smallest absolute Gasteiger partial charge is 0.251 e. The molecule has 0 saturated carbocycles. The zero-order valence-corrected chi connectivity index (χ0v) is 22.8. The lowest BCUT2D eigenvalue weighted by atomic mass is 9.96. The number of carbonyl (C=O) groups is 1. The van der Waals surface area contributed by atoms with Gasteiger partial charge in [0.2, 0.25) is 0 Å². The number of ether oxygens (including phenoxy) is 1. The summed E-state index contributed by atoms with van der Waals surface area (Å²) in [5.74, 6) is 1.98. The van der Waals surface area contributed by atoms with Crippen LogP contribution >= 0.6 is 11.6 Å². The Kier molecular flexibility index (Phi) is 12.5. The van der Waals surface area contributed by atoms with E-state index in [-0.39, 0.29) is 30.6 Å². The maximum Gasteiger partial charge on any atom is 0.251 e. The number of aryl methyl sites for hydroxylation is 1. The number of hydrogen-bond donors (Lipinski definition) is 3. The first-order valence-corrected chi connectivity index (χ1v) is 12.2. The number of amides is 1. The fraction of sp³-hybridized carbons (Fsp3) is 0.444. The molecule has 192 valence electrons. The number of aliphatic hydroxyl groups excluding tert-OH is 1. The topological polar surface area (TPSA) is 100 Å². The first-order valence-electron chi connectivity index (χ1n) is 11.9. The van der Waals surface area contributed by atoms with Crippen molar-refractivity contribution in [3.8, 4) is 17.1 Å². The lowest BCUT2D eigenvalue weighted by molar-refractivity contribution is 0.0944. The Bertz CT molecular complexity index is 1040. The molecule has 1 amide bonds. The Balaban J connectivity index is 0.000000327. The van der Waals surface area contributed by atoms with Crippen molar-refractivity contribution in [2.24, 2.45) is 0 Å². The van der Waals surface area contributed by atoms with Crippen LogP contribution in [-0.4, -0.2) is 45.5 Å². The van der Waals surface area contributed by atoms with E-state index in [1.165, 1.54) is 5.56 Å². The fourth-order valence-corrected chi connectivity index (χ4v) is 2.92. The van der Waals surface area contributed by atoms with Crippen molar-refractivity contribution in [1.29, 1.82) is 0 Å². The second kappa shape index (κ2) is 14.5. The fourth-order valence-electron chi connectivity index (χ4n) is 2.69. The SMILES string of the molecule is CC.CC(C)Oc1ccc(C(=O)NCCO)cc1Cl.Cc1ccc(-c2n[nH]c(C(C)(C)C)n2)cc1. The van der Waals surface area contributed by atoms with Gasteiger partial charge in [0.15, 0.2) is 5.82 Å². The van der Waals surface area contributed by atoms with Crippen LogP contribution in [0.4, 0.5) is 0 Å². The van der Waals surface area contributed by atoms with Gasteiger partial charge in [-0.25, -0.2) is 4.98 Å². The van der Waals surface area contributed by atoms with Crippen molar-refractivity contribution in [3.63, 3.8) is 0 Å². The number of carbonyl (C=O) groups excluding carboxylic acids is 1. The highest BCUT2D eigenvalue weighted by Gasteiger charge is 2.18. The van der Waals surface area contributed by atoms with Crippen LogP contribution in [0.3, 0.4) is 0 Å². The summed E-state index contributed by atoms with van der Waals surface area (Å²) in [6.45, 7) is 16.4. The molecule has 1 aromatic heterocycles. The third kappa shape index (κ3) is 10.1. The molecule has 3 aromatic rings. The number of rotatable bonds is 6. The Morgan fingerprint density at radius 1 is 1.14 bits per heavy atom. The van der Waals surface area contributed by atoms with Crippen molar-refractivity contribution in [2.75, 3.05) is 13.2 Å². The zero-order chi connectivity index (χ0) is 26.6. The number of aromatic amines is 1. The normalized spacial score (nSPS) is 10.6. The summed E-state index contributed by atoms with van der Waals surface area (Å²) in [5, 5.41) is 18.8. The second-order valence-corrected chi connectivity index (χ2v) is 9.32. The number of aromatic nitrogens is 3. The summed E-state index contributed by atoms with van der Waals surface area (Å²) < 4.78 is 5.46. The van der Waals surface area contributed by atoms with E-state index in [2.05, 4.69) is 60.3 Å². The number of nitrogens with zero attached hydrogens (tertiary/aromatic N) is 2. The summed E-state index contributed by atoms with van der Waals surface area (Å²) >= 11 is 6.00. The molecule has 3 rings (SSSR count). The summed E-state index contributed by atoms with van der Waals surface area (Å²) in [6, 6.07) is 13.1. The molecule has 0 radical (unpaired) electrons. The molecular formula is C27H39ClN4O3. The Morgan fingerprint density at radius 3 is 2.26 bits per heavy atom. The van der Waals surface area contributed by atoms with E-state index in [0.29, 0.717) is 16.3 Å². The first-order chi connectivity index (χ1) is 16.5. The van der Waals surface area contributed by atoms with Gasteiger partial charge in [0.25, 0.3) is 5.91 Å². The summed E-state index contributed by atoms with van der Waals surface area (Å²) in [7, 11) is 0. The van der Waals surface area contributed by atoms with Gasteiger partial charge in [-0.1, -0.05) is 76.0 Å². The molecular weight excluding hydrogens is 464 g/mol. The molecule has 0 saturated heterocycles. The Hall–Kier alpha value is -2.90. The molecule has 2 aromatic carbocycles. The van der Waals surface area contributed by atoms with E-state index in [1.807, 2.05) is 39.8 Å². The average Bonchev–Trinajstić information content (AvgIpc) is 3.32. The molecule has 0 bridgehead atoms. The lowest BCUT2D eigenvalue weighted by Gasteiger charge is -2.12. The quantitative estimate of drug-likeness (QED) is 0.386. The highest BCUT2D eigenvalue weighted by Crippen LogP contribution is 2.26. The van der Waals surface area contributed by atoms with E-state index in [4.69, 9.17) is 21.4 Å². The van der Waals surface area contributed by atoms with Gasteiger partial charge in [-0.05, 0) is 39.0 Å². The molecule has 1 heterocycles. The van der Waals surface area contributed by atoms with E-state index in [0.717, 1.165) is 17.2 Å². The van der Waals surface area contributed by atoms with Gasteiger partial charge in [-0.3, -0.25) is 9.89 Å². The number of halogens is 1. The predicted octanol–water partition coefficient (Wildman–Crippen LogP) is 5.95. The van der Waals surface area contributed by atoms with Crippen molar-refractivity contribution < 1.29 is 14.6 Å². The van der Waals surface area contributed by atoms with E-state index in [1.54, 1.807) is 18.2 Å². The van der Waals surface area contributed by atoms with Crippen molar-refractivity contribution in [2.45, 2.75) is 66.9 Å². The zero-order valence-electron chi connectivity index (χ0n) is 22.1. The minimum Gasteiger partial charge on any atom is -0.489 e. The van der Waals surface area contributed by atoms with Crippen molar-refractivity contribution >= 4 is 17.5 Å². The highest BCUT2D eigenvalue weighted by molar-refractivity contribution is 6.32. The summed E-state index contributed by atoms with van der Waals surface area (Å²) in [4.78, 5) is 16.1.